The van der Waals surface area contributed by atoms with Crippen molar-refractivity contribution < 1.29 is 14.7 Å². The molecule has 0 aromatic heterocycles. The minimum atomic E-state index is -1.01. The van der Waals surface area contributed by atoms with Crippen LogP contribution in [0.15, 0.2) is 0 Å². The highest BCUT2D eigenvalue weighted by molar-refractivity contribution is 8.00. The average molecular weight is 260 g/mol. The summed E-state index contributed by atoms with van der Waals surface area (Å²) in [4.78, 5) is 24.2. The largest absolute Gasteiger partial charge is 0.480 e. The predicted molar refractivity (Wildman–Crippen MR) is 68.4 cm³/mol. The third kappa shape index (κ3) is 4.46. The molecule has 2 amide bonds. The van der Waals surface area contributed by atoms with Crippen molar-refractivity contribution in [2.75, 3.05) is 18.8 Å². The minimum Gasteiger partial charge on any atom is -0.480 e. The summed E-state index contributed by atoms with van der Waals surface area (Å²) < 4.78 is 0.188. The Labute approximate surface area is 106 Å². The number of hydrogen-bond donors (Lipinski definition) is 2. The topological polar surface area (TPSA) is 69.6 Å². The van der Waals surface area contributed by atoms with Gasteiger partial charge in [0.1, 0.15) is 6.04 Å². The van der Waals surface area contributed by atoms with Gasteiger partial charge in [-0.25, -0.2) is 4.79 Å². The molecule has 0 radical (unpaired) electrons. The Hall–Kier alpha value is -0.910. The van der Waals surface area contributed by atoms with Crippen LogP contribution in [-0.4, -0.2) is 51.6 Å². The number of carbonyl (C=O) groups is 2. The number of urea groups is 1. The highest BCUT2D eigenvalue weighted by atomic mass is 32.2. The number of carboxylic acid groups (broad SMARTS) is 1. The summed E-state index contributed by atoms with van der Waals surface area (Å²) >= 11 is 1.85. The van der Waals surface area contributed by atoms with Gasteiger partial charge in [0, 0.05) is 23.6 Å². The molecule has 1 saturated heterocycles. The standard InChI is InChI=1S/C11H20N2O3S/c1-8(9(14)15)12-10(16)13-5-4-11(2,3)17-7-6-13/h8H,4-7H2,1-3H3,(H,12,16)(H,14,15)/t8-/m0/s1. The smallest absolute Gasteiger partial charge is 0.325 e. The van der Waals surface area contributed by atoms with Gasteiger partial charge in [-0.2, -0.15) is 11.8 Å². The lowest BCUT2D eigenvalue weighted by atomic mass is 10.1. The zero-order valence-electron chi connectivity index (χ0n) is 10.5. The zero-order valence-corrected chi connectivity index (χ0v) is 11.3. The van der Waals surface area contributed by atoms with Gasteiger partial charge in [0.15, 0.2) is 0 Å². The van der Waals surface area contributed by atoms with E-state index in [1.54, 1.807) is 4.90 Å². The highest BCUT2D eigenvalue weighted by Crippen LogP contribution is 2.30. The van der Waals surface area contributed by atoms with E-state index in [1.165, 1.54) is 6.92 Å². The van der Waals surface area contributed by atoms with E-state index in [1.807, 2.05) is 11.8 Å². The first-order chi connectivity index (χ1) is 7.82. The Morgan fingerprint density at radius 1 is 1.41 bits per heavy atom. The maximum atomic E-state index is 11.8. The fourth-order valence-corrected chi connectivity index (χ4v) is 2.66. The molecule has 0 unspecified atom stereocenters. The van der Waals surface area contributed by atoms with E-state index in [0.717, 1.165) is 12.2 Å². The Balaban J connectivity index is 2.50. The molecule has 1 aliphatic heterocycles. The molecule has 0 aliphatic carbocycles. The summed E-state index contributed by atoms with van der Waals surface area (Å²) in [6, 6.07) is -1.12. The molecule has 17 heavy (non-hydrogen) atoms. The van der Waals surface area contributed by atoms with Gasteiger partial charge < -0.3 is 15.3 Å². The molecule has 5 nitrogen and oxygen atoms in total. The first-order valence-corrected chi connectivity index (χ1v) is 6.72. The number of thioether (sulfide) groups is 1. The average Bonchev–Trinajstić information content (AvgIpc) is 2.39. The molecule has 2 N–H and O–H groups in total. The van der Waals surface area contributed by atoms with Crippen molar-refractivity contribution in [1.29, 1.82) is 0 Å². The second-order valence-corrected chi connectivity index (χ2v) is 6.66. The van der Waals surface area contributed by atoms with Crippen LogP contribution in [0.3, 0.4) is 0 Å². The third-order valence-corrected chi connectivity index (χ3v) is 4.21. The van der Waals surface area contributed by atoms with Gasteiger partial charge in [-0.15, -0.1) is 0 Å². The lowest BCUT2D eigenvalue weighted by Crippen LogP contribution is -2.47. The molecule has 6 heteroatoms. The maximum Gasteiger partial charge on any atom is 0.325 e. The van der Waals surface area contributed by atoms with Crippen molar-refractivity contribution in [2.45, 2.75) is 38.0 Å². The summed E-state index contributed by atoms with van der Waals surface area (Å²) in [5, 5.41) is 11.2. The summed E-state index contributed by atoms with van der Waals surface area (Å²) in [6.45, 7) is 7.15. The Morgan fingerprint density at radius 2 is 2.06 bits per heavy atom. The third-order valence-electron chi connectivity index (χ3n) is 2.84. The van der Waals surface area contributed by atoms with Gasteiger partial charge in [-0.05, 0) is 13.3 Å². The van der Waals surface area contributed by atoms with Gasteiger partial charge >= 0.3 is 12.0 Å². The quantitative estimate of drug-likeness (QED) is 0.787. The molecular weight excluding hydrogens is 240 g/mol. The first-order valence-electron chi connectivity index (χ1n) is 5.74. The molecule has 0 aromatic rings. The number of aliphatic carboxylic acids is 1. The zero-order chi connectivity index (χ0) is 13.1. The Morgan fingerprint density at radius 3 is 2.65 bits per heavy atom. The van der Waals surface area contributed by atoms with E-state index in [9.17, 15) is 9.59 Å². The molecule has 1 heterocycles. The summed E-state index contributed by atoms with van der Waals surface area (Å²) in [5.74, 6) is -0.120. The molecule has 0 saturated carbocycles. The van der Waals surface area contributed by atoms with E-state index in [2.05, 4.69) is 19.2 Å². The van der Waals surface area contributed by atoms with Crippen LogP contribution in [0.25, 0.3) is 0 Å². The van der Waals surface area contributed by atoms with Crippen molar-refractivity contribution in [1.82, 2.24) is 10.2 Å². The van der Waals surface area contributed by atoms with E-state index in [0.29, 0.717) is 13.1 Å². The van der Waals surface area contributed by atoms with Gasteiger partial charge in [0.2, 0.25) is 0 Å². The SMILES string of the molecule is C[C@H](NC(=O)N1CCSC(C)(C)CC1)C(=O)O. The summed E-state index contributed by atoms with van der Waals surface area (Å²) in [7, 11) is 0. The predicted octanol–water partition coefficient (Wildman–Crippen LogP) is 1.39. The fraction of sp³-hybridized carbons (Fsp3) is 0.818. The van der Waals surface area contributed by atoms with Gasteiger partial charge in [0.05, 0.1) is 0 Å². The van der Waals surface area contributed by atoms with Crippen LogP contribution in [0.1, 0.15) is 27.2 Å². The van der Waals surface area contributed by atoms with E-state index < -0.39 is 12.0 Å². The van der Waals surface area contributed by atoms with Gasteiger partial charge in [-0.3, -0.25) is 4.79 Å². The number of carboxylic acids is 1. The number of carbonyl (C=O) groups excluding carboxylic acids is 1. The van der Waals surface area contributed by atoms with Gasteiger partial charge in [-0.1, -0.05) is 13.8 Å². The van der Waals surface area contributed by atoms with E-state index in [4.69, 9.17) is 5.11 Å². The Kier molecular flexibility index (Phi) is 4.68. The van der Waals surface area contributed by atoms with Gasteiger partial charge in [0.25, 0.3) is 0 Å². The molecule has 1 aliphatic rings. The molecular formula is C11H20N2O3S. The molecule has 1 rings (SSSR count). The van der Waals surface area contributed by atoms with Crippen LogP contribution >= 0.6 is 11.8 Å². The van der Waals surface area contributed by atoms with Crippen molar-refractivity contribution in [3.8, 4) is 0 Å². The second kappa shape index (κ2) is 5.62. The van der Waals surface area contributed by atoms with Crippen molar-refractivity contribution in [3.05, 3.63) is 0 Å². The maximum absolute atomic E-state index is 11.8. The van der Waals surface area contributed by atoms with Crippen LogP contribution in [0.2, 0.25) is 0 Å². The Bertz CT molecular complexity index is 307. The van der Waals surface area contributed by atoms with E-state index >= 15 is 0 Å². The fourth-order valence-electron chi connectivity index (χ4n) is 1.56. The van der Waals surface area contributed by atoms with Crippen molar-refractivity contribution >= 4 is 23.8 Å². The van der Waals surface area contributed by atoms with Crippen LogP contribution in [-0.2, 0) is 4.79 Å². The lowest BCUT2D eigenvalue weighted by molar-refractivity contribution is -0.138. The van der Waals surface area contributed by atoms with Crippen molar-refractivity contribution in [2.24, 2.45) is 0 Å². The number of hydrogen-bond acceptors (Lipinski definition) is 3. The number of amides is 2. The minimum absolute atomic E-state index is 0.188. The number of nitrogens with one attached hydrogen (secondary N) is 1. The normalized spacial score (nSPS) is 21.5. The highest BCUT2D eigenvalue weighted by Gasteiger charge is 2.27. The molecule has 1 fully saturated rings. The molecule has 0 spiro atoms. The van der Waals surface area contributed by atoms with Crippen LogP contribution < -0.4 is 5.32 Å². The van der Waals surface area contributed by atoms with Crippen LogP contribution in [0.4, 0.5) is 4.79 Å². The second-order valence-electron chi connectivity index (χ2n) is 4.85. The summed E-state index contributed by atoms with van der Waals surface area (Å²) in [6.07, 6.45) is 0.923. The van der Waals surface area contributed by atoms with Crippen molar-refractivity contribution in [3.63, 3.8) is 0 Å². The number of nitrogens with zero attached hydrogens (tertiary/aromatic N) is 1. The lowest BCUT2D eigenvalue weighted by Gasteiger charge is -2.23. The number of rotatable bonds is 2. The molecule has 0 aromatic carbocycles. The monoisotopic (exact) mass is 260 g/mol. The summed E-state index contributed by atoms with van der Waals surface area (Å²) in [5.41, 5.74) is 0. The molecule has 0 bridgehead atoms. The van der Waals surface area contributed by atoms with Crippen LogP contribution in [0.5, 0.6) is 0 Å². The molecule has 1 atom stereocenters. The first kappa shape index (κ1) is 14.2. The molecule has 98 valence electrons. The van der Waals surface area contributed by atoms with Crippen LogP contribution in [0, 0.1) is 0 Å². The van der Waals surface area contributed by atoms with E-state index in [-0.39, 0.29) is 10.8 Å².